The monoisotopic (exact) mass is 236 g/mol. The molecule has 0 aliphatic carbocycles. The number of aryl methyl sites for hydroxylation is 1. The molecule has 0 unspecified atom stereocenters. The normalized spacial score (nSPS) is 10.1. The number of carbonyl (C=O) groups excluding carboxylic acids is 1. The summed E-state index contributed by atoms with van der Waals surface area (Å²) in [6.07, 6.45) is 0. The SMILES string of the molecule is Cc1cccc(NC(=O)NC(C)C)c1C(=O)O. The molecule has 0 heterocycles. The zero-order chi connectivity index (χ0) is 13.0. The van der Waals surface area contributed by atoms with Crippen LogP contribution < -0.4 is 10.6 Å². The molecule has 0 saturated heterocycles. The number of carboxylic acids is 1. The second-order valence-electron chi connectivity index (χ2n) is 4.06. The smallest absolute Gasteiger partial charge is 0.338 e. The van der Waals surface area contributed by atoms with Crippen molar-refractivity contribution >= 4 is 17.7 Å². The maximum Gasteiger partial charge on any atom is 0.338 e. The molecule has 0 saturated carbocycles. The van der Waals surface area contributed by atoms with Gasteiger partial charge in [-0.3, -0.25) is 0 Å². The van der Waals surface area contributed by atoms with Crippen molar-refractivity contribution in [1.29, 1.82) is 0 Å². The Kier molecular flexibility index (Phi) is 4.09. The standard InChI is InChI=1S/C12H16N2O3/c1-7(2)13-12(17)14-9-6-4-5-8(3)10(9)11(15)16/h4-7H,1-3H3,(H,15,16)(H2,13,14,17). The van der Waals surface area contributed by atoms with E-state index in [2.05, 4.69) is 10.6 Å². The quantitative estimate of drug-likeness (QED) is 0.753. The average molecular weight is 236 g/mol. The van der Waals surface area contributed by atoms with Crippen molar-refractivity contribution < 1.29 is 14.7 Å². The van der Waals surface area contributed by atoms with Crippen molar-refractivity contribution in [1.82, 2.24) is 5.32 Å². The third kappa shape index (κ3) is 3.48. The molecule has 5 heteroatoms. The first-order valence-corrected chi connectivity index (χ1v) is 5.32. The molecule has 0 aliphatic rings. The number of aromatic carboxylic acids is 1. The van der Waals surface area contributed by atoms with E-state index in [0.29, 0.717) is 11.3 Å². The number of rotatable bonds is 3. The van der Waals surface area contributed by atoms with Crippen molar-refractivity contribution in [2.75, 3.05) is 5.32 Å². The highest BCUT2D eigenvalue weighted by Crippen LogP contribution is 2.19. The van der Waals surface area contributed by atoms with Gasteiger partial charge in [0.2, 0.25) is 0 Å². The number of carboxylic acid groups (broad SMARTS) is 1. The van der Waals surface area contributed by atoms with E-state index in [9.17, 15) is 9.59 Å². The molecule has 1 aromatic rings. The summed E-state index contributed by atoms with van der Waals surface area (Å²) >= 11 is 0. The number of hydrogen-bond donors (Lipinski definition) is 3. The van der Waals surface area contributed by atoms with Gasteiger partial charge in [-0.25, -0.2) is 9.59 Å². The van der Waals surface area contributed by atoms with Crippen LogP contribution in [0.2, 0.25) is 0 Å². The van der Waals surface area contributed by atoms with Crippen molar-refractivity contribution in [3.63, 3.8) is 0 Å². The van der Waals surface area contributed by atoms with Gasteiger partial charge >= 0.3 is 12.0 Å². The number of urea groups is 1. The first kappa shape index (κ1) is 13.0. The Balaban J connectivity index is 2.95. The molecule has 17 heavy (non-hydrogen) atoms. The van der Waals surface area contributed by atoms with E-state index in [1.165, 1.54) is 0 Å². The van der Waals surface area contributed by atoms with Gasteiger partial charge in [0.05, 0.1) is 11.3 Å². The highest BCUT2D eigenvalue weighted by molar-refractivity contribution is 6.01. The molecular weight excluding hydrogens is 220 g/mol. The third-order valence-corrected chi connectivity index (χ3v) is 2.15. The summed E-state index contributed by atoms with van der Waals surface area (Å²) in [5.41, 5.74) is 1.03. The van der Waals surface area contributed by atoms with Crippen molar-refractivity contribution in [2.24, 2.45) is 0 Å². The topological polar surface area (TPSA) is 78.4 Å². The van der Waals surface area contributed by atoms with E-state index < -0.39 is 12.0 Å². The number of amides is 2. The molecule has 0 atom stereocenters. The lowest BCUT2D eigenvalue weighted by molar-refractivity contribution is 0.0697. The van der Waals surface area contributed by atoms with Gasteiger partial charge in [-0.15, -0.1) is 0 Å². The van der Waals surface area contributed by atoms with Crippen LogP contribution in [0.4, 0.5) is 10.5 Å². The first-order valence-electron chi connectivity index (χ1n) is 5.32. The molecule has 0 radical (unpaired) electrons. The molecule has 92 valence electrons. The maximum absolute atomic E-state index is 11.5. The maximum atomic E-state index is 11.5. The molecule has 0 aromatic heterocycles. The van der Waals surface area contributed by atoms with Crippen LogP contribution in [0.25, 0.3) is 0 Å². The summed E-state index contributed by atoms with van der Waals surface area (Å²) in [5.74, 6) is -1.05. The van der Waals surface area contributed by atoms with Crippen LogP contribution in [-0.4, -0.2) is 23.1 Å². The Bertz CT molecular complexity index is 441. The molecular formula is C12H16N2O3. The second-order valence-corrected chi connectivity index (χ2v) is 4.06. The van der Waals surface area contributed by atoms with Gasteiger partial charge in [0.25, 0.3) is 0 Å². The minimum atomic E-state index is -1.05. The Labute approximate surface area is 99.8 Å². The summed E-state index contributed by atoms with van der Waals surface area (Å²) in [6, 6.07) is 4.54. The predicted molar refractivity (Wildman–Crippen MR) is 65.4 cm³/mol. The zero-order valence-electron chi connectivity index (χ0n) is 10.1. The zero-order valence-corrected chi connectivity index (χ0v) is 10.1. The van der Waals surface area contributed by atoms with E-state index in [1.807, 2.05) is 13.8 Å². The number of nitrogens with one attached hydrogen (secondary N) is 2. The minimum absolute atomic E-state index is 0.00640. The Morgan fingerprint density at radius 3 is 2.47 bits per heavy atom. The summed E-state index contributed by atoms with van der Waals surface area (Å²) < 4.78 is 0. The third-order valence-electron chi connectivity index (χ3n) is 2.15. The Morgan fingerprint density at radius 1 is 1.29 bits per heavy atom. The molecule has 0 aliphatic heterocycles. The van der Waals surface area contributed by atoms with E-state index >= 15 is 0 Å². The van der Waals surface area contributed by atoms with E-state index in [4.69, 9.17) is 5.11 Å². The molecule has 0 spiro atoms. The van der Waals surface area contributed by atoms with Crippen molar-refractivity contribution in [2.45, 2.75) is 26.8 Å². The van der Waals surface area contributed by atoms with Crippen LogP contribution in [0.1, 0.15) is 29.8 Å². The first-order chi connectivity index (χ1) is 7.91. The van der Waals surface area contributed by atoms with Crippen molar-refractivity contribution in [3.8, 4) is 0 Å². The van der Waals surface area contributed by atoms with Gasteiger partial charge in [-0.05, 0) is 32.4 Å². The highest BCUT2D eigenvalue weighted by Gasteiger charge is 2.14. The Hall–Kier alpha value is -2.04. The summed E-state index contributed by atoms with van der Waals surface area (Å²) in [4.78, 5) is 22.6. The summed E-state index contributed by atoms with van der Waals surface area (Å²) in [5, 5.41) is 14.2. The molecule has 0 bridgehead atoms. The molecule has 1 aromatic carbocycles. The molecule has 0 fully saturated rings. The minimum Gasteiger partial charge on any atom is -0.478 e. The average Bonchev–Trinajstić information content (AvgIpc) is 2.15. The summed E-state index contributed by atoms with van der Waals surface area (Å²) in [6.45, 7) is 5.34. The number of carbonyl (C=O) groups is 2. The Morgan fingerprint density at radius 2 is 1.94 bits per heavy atom. The molecule has 5 nitrogen and oxygen atoms in total. The predicted octanol–water partition coefficient (Wildman–Crippen LogP) is 2.22. The highest BCUT2D eigenvalue weighted by atomic mass is 16.4. The number of benzene rings is 1. The van der Waals surface area contributed by atoms with Crippen LogP contribution in [0.3, 0.4) is 0 Å². The lowest BCUT2D eigenvalue weighted by Crippen LogP contribution is -2.34. The number of anilines is 1. The largest absolute Gasteiger partial charge is 0.478 e. The van der Waals surface area contributed by atoms with Crippen LogP contribution in [0.15, 0.2) is 18.2 Å². The fourth-order valence-electron chi connectivity index (χ4n) is 1.48. The van der Waals surface area contributed by atoms with Gasteiger partial charge < -0.3 is 15.7 Å². The van der Waals surface area contributed by atoms with E-state index in [1.54, 1.807) is 25.1 Å². The van der Waals surface area contributed by atoms with Gasteiger partial charge in [-0.1, -0.05) is 12.1 Å². The van der Waals surface area contributed by atoms with E-state index in [0.717, 1.165) is 0 Å². The van der Waals surface area contributed by atoms with Crippen LogP contribution >= 0.6 is 0 Å². The van der Waals surface area contributed by atoms with E-state index in [-0.39, 0.29) is 11.6 Å². The molecule has 3 N–H and O–H groups in total. The second kappa shape index (κ2) is 5.34. The lowest BCUT2D eigenvalue weighted by atomic mass is 10.1. The van der Waals surface area contributed by atoms with Crippen molar-refractivity contribution in [3.05, 3.63) is 29.3 Å². The molecule has 2 amide bonds. The van der Waals surface area contributed by atoms with Gasteiger partial charge in [0.15, 0.2) is 0 Å². The van der Waals surface area contributed by atoms with Gasteiger partial charge in [0, 0.05) is 6.04 Å². The fourth-order valence-corrected chi connectivity index (χ4v) is 1.48. The summed E-state index contributed by atoms with van der Waals surface area (Å²) in [7, 11) is 0. The molecule has 1 rings (SSSR count). The fraction of sp³-hybridized carbons (Fsp3) is 0.333. The van der Waals surface area contributed by atoms with Gasteiger partial charge in [0.1, 0.15) is 0 Å². The van der Waals surface area contributed by atoms with Gasteiger partial charge in [-0.2, -0.15) is 0 Å². The van der Waals surface area contributed by atoms with Crippen LogP contribution in [0.5, 0.6) is 0 Å². The number of hydrogen-bond acceptors (Lipinski definition) is 2. The van der Waals surface area contributed by atoms with Crippen LogP contribution in [-0.2, 0) is 0 Å². The lowest BCUT2D eigenvalue weighted by Gasteiger charge is -2.13. The van der Waals surface area contributed by atoms with Crippen LogP contribution in [0, 0.1) is 6.92 Å².